The number of unbranched alkanes of at least 4 members (excludes halogenated alkanes) is 11. The monoisotopic (exact) mass is 396 g/mol. The van der Waals surface area contributed by atoms with E-state index >= 15 is 0 Å². The zero-order valence-corrected chi connectivity index (χ0v) is 19.1. The summed E-state index contributed by atoms with van der Waals surface area (Å²) in [6, 6.07) is 12.6. The van der Waals surface area contributed by atoms with Crippen LogP contribution in [0.25, 0.3) is 10.8 Å². The Bertz CT molecular complexity index is 675. The van der Waals surface area contributed by atoms with Gasteiger partial charge in [-0.2, -0.15) is 0 Å². The molecule has 2 aromatic rings. The van der Waals surface area contributed by atoms with Gasteiger partial charge in [-0.1, -0.05) is 134 Å². The number of phenols is 1. The van der Waals surface area contributed by atoms with Crippen molar-refractivity contribution in [2.75, 3.05) is 0 Å². The zero-order valence-electron chi connectivity index (χ0n) is 19.1. The fourth-order valence-corrected chi connectivity index (χ4v) is 4.58. The molecule has 29 heavy (non-hydrogen) atoms. The third-order valence-electron chi connectivity index (χ3n) is 6.43. The molecule has 1 atom stereocenters. The molecule has 1 N–H and O–H groups in total. The summed E-state index contributed by atoms with van der Waals surface area (Å²) in [4.78, 5) is 0. The maximum atomic E-state index is 11.0. The summed E-state index contributed by atoms with van der Waals surface area (Å²) in [5.41, 5.74) is 1.18. The standard InChI is InChI=1S/C28H44O/c1-3-5-7-9-11-13-15-19-24(18-14-12-10-8-6-4-2)27-23-22-25-20-16-17-21-26(25)28(27)29/h16-17,20-24,29H,3-15,18-19H2,1-2H3. The Morgan fingerprint density at radius 3 is 1.72 bits per heavy atom. The van der Waals surface area contributed by atoms with Crippen LogP contribution in [0, 0.1) is 0 Å². The van der Waals surface area contributed by atoms with E-state index in [9.17, 15) is 5.11 Å². The number of phenolic OH excluding ortho intramolecular Hbond substituents is 1. The van der Waals surface area contributed by atoms with E-state index in [0.717, 1.165) is 10.8 Å². The molecule has 0 radical (unpaired) electrons. The van der Waals surface area contributed by atoms with E-state index in [2.05, 4.69) is 38.1 Å². The second-order valence-electron chi connectivity index (χ2n) is 8.89. The molecule has 0 aromatic heterocycles. The van der Waals surface area contributed by atoms with Gasteiger partial charge in [0.1, 0.15) is 5.75 Å². The van der Waals surface area contributed by atoms with Gasteiger partial charge in [-0.05, 0) is 29.7 Å². The third-order valence-corrected chi connectivity index (χ3v) is 6.43. The predicted octanol–water partition coefficient (Wildman–Crippen LogP) is 9.52. The predicted molar refractivity (Wildman–Crippen MR) is 129 cm³/mol. The smallest absolute Gasteiger partial charge is 0.126 e. The van der Waals surface area contributed by atoms with Gasteiger partial charge in [0, 0.05) is 5.39 Å². The van der Waals surface area contributed by atoms with Gasteiger partial charge in [0.2, 0.25) is 0 Å². The van der Waals surface area contributed by atoms with Gasteiger partial charge in [-0.15, -0.1) is 0 Å². The van der Waals surface area contributed by atoms with E-state index < -0.39 is 0 Å². The molecular formula is C28H44O. The first-order chi connectivity index (χ1) is 14.3. The normalized spacial score (nSPS) is 12.5. The van der Waals surface area contributed by atoms with Gasteiger partial charge in [0.15, 0.2) is 0 Å². The molecule has 0 amide bonds. The van der Waals surface area contributed by atoms with Crippen molar-refractivity contribution in [1.82, 2.24) is 0 Å². The molecule has 0 saturated heterocycles. The van der Waals surface area contributed by atoms with Crippen LogP contribution in [0.1, 0.15) is 122 Å². The van der Waals surface area contributed by atoms with Crippen molar-refractivity contribution in [2.24, 2.45) is 0 Å². The van der Waals surface area contributed by atoms with Crippen LogP contribution in [0.3, 0.4) is 0 Å². The van der Waals surface area contributed by atoms with E-state index in [4.69, 9.17) is 0 Å². The molecular weight excluding hydrogens is 352 g/mol. The van der Waals surface area contributed by atoms with Crippen molar-refractivity contribution >= 4 is 10.8 Å². The maximum absolute atomic E-state index is 11.0. The summed E-state index contributed by atoms with van der Waals surface area (Å²) in [7, 11) is 0. The number of hydrogen-bond donors (Lipinski definition) is 1. The minimum absolute atomic E-state index is 0.501. The number of hydrogen-bond acceptors (Lipinski definition) is 1. The van der Waals surface area contributed by atoms with Crippen molar-refractivity contribution in [3.8, 4) is 5.75 Å². The number of fused-ring (bicyclic) bond motifs is 1. The summed E-state index contributed by atoms with van der Waals surface area (Å²) in [6.07, 6.45) is 20.0. The SMILES string of the molecule is CCCCCCCCCC(CCCCCCCC)c1ccc2ccccc2c1O. The average molecular weight is 397 g/mol. The lowest BCUT2D eigenvalue weighted by molar-refractivity contribution is 0.442. The largest absolute Gasteiger partial charge is 0.507 e. The van der Waals surface area contributed by atoms with Crippen LogP contribution in [-0.2, 0) is 0 Å². The Morgan fingerprint density at radius 1 is 0.621 bits per heavy atom. The van der Waals surface area contributed by atoms with E-state index in [1.807, 2.05) is 12.1 Å². The van der Waals surface area contributed by atoms with Crippen LogP contribution < -0.4 is 0 Å². The molecule has 1 heteroatoms. The molecule has 0 aliphatic heterocycles. The highest BCUT2D eigenvalue weighted by Gasteiger charge is 2.17. The molecule has 0 bridgehead atoms. The lowest BCUT2D eigenvalue weighted by atomic mass is 9.86. The molecule has 162 valence electrons. The quantitative estimate of drug-likeness (QED) is 0.280. The van der Waals surface area contributed by atoms with Gasteiger partial charge in [0.25, 0.3) is 0 Å². The highest BCUT2D eigenvalue weighted by molar-refractivity contribution is 5.89. The van der Waals surface area contributed by atoms with Crippen LogP contribution in [0.4, 0.5) is 0 Å². The molecule has 2 rings (SSSR count). The average Bonchev–Trinajstić information content (AvgIpc) is 2.75. The van der Waals surface area contributed by atoms with E-state index in [1.54, 1.807) is 0 Å². The summed E-state index contributed by atoms with van der Waals surface area (Å²) in [5, 5.41) is 13.1. The Kier molecular flexibility index (Phi) is 11.9. The first-order valence-corrected chi connectivity index (χ1v) is 12.5. The molecule has 0 spiro atoms. The number of rotatable bonds is 16. The van der Waals surface area contributed by atoms with Gasteiger partial charge in [-0.25, -0.2) is 0 Å². The Labute approximate surface area is 179 Å². The zero-order chi connectivity index (χ0) is 20.7. The van der Waals surface area contributed by atoms with Crippen molar-refractivity contribution in [3.63, 3.8) is 0 Å². The van der Waals surface area contributed by atoms with E-state index in [-0.39, 0.29) is 0 Å². The molecule has 0 heterocycles. The summed E-state index contributed by atoms with van der Waals surface area (Å²) in [6.45, 7) is 4.56. The lowest BCUT2D eigenvalue weighted by Gasteiger charge is -2.20. The van der Waals surface area contributed by atoms with Crippen LogP contribution in [-0.4, -0.2) is 5.11 Å². The highest BCUT2D eigenvalue weighted by Crippen LogP contribution is 2.38. The van der Waals surface area contributed by atoms with Crippen molar-refractivity contribution in [3.05, 3.63) is 42.0 Å². The minimum atomic E-state index is 0.501. The topological polar surface area (TPSA) is 20.2 Å². The van der Waals surface area contributed by atoms with Crippen LogP contribution in [0.5, 0.6) is 5.75 Å². The second-order valence-corrected chi connectivity index (χ2v) is 8.89. The molecule has 2 aromatic carbocycles. The van der Waals surface area contributed by atoms with Crippen LogP contribution in [0.2, 0.25) is 0 Å². The molecule has 0 fully saturated rings. The maximum Gasteiger partial charge on any atom is 0.126 e. The highest BCUT2D eigenvalue weighted by atomic mass is 16.3. The third kappa shape index (κ3) is 8.41. The van der Waals surface area contributed by atoms with Gasteiger partial charge in [-0.3, -0.25) is 0 Å². The summed E-state index contributed by atoms with van der Waals surface area (Å²) in [5.74, 6) is 1.03. The minimum Gasteiger partial charge on any atom is -0.507 e. The number of benzene rings is 2. The molecule has 0 aliphatic rings. The second kappa shape index (κ2) is 14.5. The summed E-state index contributed by atoms with van der Waals surface area (Å²) < 4.78 is 0. The van der Waals surface area contributed by atoms with Gasteiger partial charge < -0.3 is 5.11 Å². The first kappa shape index (κ1) is 23.8. The van der Waals surface area contributed by atoms with Crippen molar-refractivity contribution < 1.29 is 5.11 Å². The Balaban J connectivity index is 1.93. The van der Waals surface area contributed by atoms with Crippen molar-refractivity contribution in [2.45, 2.75) is 116 Å². The molecule has 1 nitrogen and oxygen atoms in total. The fourth-order valence-electron chi connectivity index (χ4n) is 4.58. The van der Waals surface area contributed by atoms with Crippen molar-refractivity contribution in [1.29, 1.82) is 0 Å². The summed E-state index contributed by atoms with van der Waals surface area (Å²) >= 11 is 0. The number of aromatic hydroxyl groups is 1. The van der Waals surface area contributed by atoms with E-state index in [1.165, 1.54) is 102 Å². The Hall–Kier alpha value is -1.50. The van der Waals surface area contributed by atoms with Gasteiger partial charge in [0.05, 0.1) is 0 Å². The molecule has 1 unspecified atom stereocenters. The Morgan fingerprint density at radius 2 is 1.14 bits per heavy atom. The fraction of sp³-hybridized carbons (Fsp3) is 0.643. The molecule has 0 saturated carbocycles. The first-order valence-electron chi connectivity index (χ1n) is 12.5. The lowest BCUT2D eigenvalue weighted by Crippen LogP contribution is -2.01. The van der Waals surface area contributed by atoms with Gasteiger partial charge >= 0.3 is 0 Å². The molecule has 0 aliphatic carbocycles. The van der Waals surface area contributed by atoms with Crippen LogP contribution in [0.15, 0.2) is 36.4 Å². The van der Waals surface area contributed by atoms with E-state index in [0.29, 0.717) is 11.7 Å². The van der Waals surface area contributed by atoms with Crippen LogP contribution >= 0.6 is 0 Å².